The summed E-state index contributed by atoms with van der Waals surface area (Å²) in [7, 11) is 0. The molecule has 0 aliphatic heterocycles. The Kier molecular flexibility index (Phi) is 7.89. The number of hydrogen-bond acceptors (Lipinski definition) is 2. The van der Waals surface area contributed by atoms with Gasteiger partial charge >= 0.3 is 0 Å². The van der Waals surface area contributed by atoms with Gasteiger partial charge in [-0.05, 0) is 31.6 Å². The average Bonchev–Trinajstić information content (AvgIpc) is 3.11. The van der Waals surface area contributed by atoms with Crippen molar-refractivity contribution >= 4 is 12.4 Å². The van der Waals surface area contributed by atoms with E-state index >= 15 is 0 Å². The van der Waals surface area contributed by atoms with Crippen LogP contribution in [-0.2, 0) is 6.54 Å². The predicted molar refractivity (Wildman–Crippen MR) is 113 cm³/mol. The van der Waals surface area contributed by atoms with Crippen LogP contribution >= 0.6 is 12.4 Å². The monoisotopic (exact) mass is 369 g/mol. The van der Waals surface area contributed by atoms with Crippen molar-refractivity contribution in [3.05, 3.63) is 66.9 Å². The largest absolute Gasteiger partial charge is 0.304 e. The molecule has 0 saturated carbocycles. The van der Waals surface area contributed by atoms with Gasteiger partial charge in [0.05, 0.1) is 0 Å². The molecular weight excluding hydrogens is 342 g/mol. The first-order chi connectivity index (χ1) is 12.3. The van der Waals surface area contributed by atoms with Gasteiger partial charge < -0.3 is 4.90 Å². The molecule has 2 aromatic carbocycles. The Morgan fingerprint density at radius 2 is 1.42 bits per heavy atom. The van der Waals surface area contributed by atoms with Crippen molar-refractivity contribution in [2.24, 2.45) is 0 Å². The van der Waals surface area contributed by atoms with E-state index in [-0.39, 0.29) is 12.4 Å². The Labute approximate surface area is 163 Å². The molecule has 3 nitrogen and oxygen atoms in total. The quantitative estimate of drug-likeness (QED) is 0.532. The van der Waals surface area contributed by atoms with E-state index in [0.717, 1.165) is 38.3 Å². The van der Waals surface area contributed by atoms with Crippen LogP contribution in [-0.4, -0.2) is 34.3 Å². The zero-order valence-electron chi connectivity index (χ0n) is 15.6. The van der Waals surface area contributed by atoms with Gasteiger partial charge in [0.25, 0.3) is 0 Å². The van der Waals surface area contributed by atoms with Gasteiger partial charge in [-0.2, -0.15) is 5.10 Å². The minimum atomic E-state index is 0. The summed E-state index contributed by atoms with van der Waals surface area (Å²) in [5.74, 6) is 0. The van der Waals surface area contributed by atoms with E-state index in [0.29, 0.717) is 0 Å². The van der Waals surface area contributed by atoms with Crippen LogP contribution in [0.2, 0.25) is 0 Å². The van der Waals surface area contributed by atoms with Crippen molar-refractivity contribution in [3.8, 4) is 22.4 Å². The van der Waals surface area contributed by atoms with Gasteiger partial charge in [0.1, 0.15) is 5.69 Å². The van der Waals surface area contributed by atoms with Crippen molar-refractivity contribution in [2.75, 3.05) is 19.6 Å². The van der Waals surface area contributed by atoms with E-state index in [4.69, 9.17) is 5.10 Å². The molecule has 1 heterocycles. The highest BCUT2D eigenvalue weighted by atomic mass is 35.5. The Morgan fingerprint density at radius 3 is 2.00 bits per heavy atom. The average molecular weight is 370 g/mol. The number of rotatable bonds is 8. The fourth-order valence-electron chi connectivity index (χ4n) is 3.17. The molecule has 0 bridgehead atoms. The lowest BCUT2D eigenvalue weighted by Crippen LogP contribution is -2.24. The molecular formula is C22H28ClN3. The molecule has 0 aliphatic rings. The standard InChI is InChI=1S/C22H27N3.ClH/c1-3-24(4-2)16-11-17-25-18-21(19-12-7-5-8-13-19)22(23-25)20-14-9-6-10-15-20;/h5-10,12-15,18H,3-4,11,16-17H2,1-2H3;1H. The van der Waals surface area contributed by atoms with E-state index in [1.807, 2.05) is 6.07 Å². The van der Waals surface area contributed by atoms with Gasteiger partial charge in [-0.1, -0.05) is 74.5 Å². The normalized spacial score (nSPS) is 10.7. The zero-order chi connectivity index (χ0) is 17.5. The number of aryl methyl sites for hydroxylation is 1. The first kappa shape index (κ1) is 20.2. The van der Waals surface area contributed by atoms with Crippen molar-refractivity contribution in [1.82, 2.24) is 14.7 Å². The number of hydrogen-bond donors (Lipinski definition) is 0. The highest BCUT2D eigenvalue weighted by Gasteiger charge is 2.12. The first-order valence-corrected chi connectivity index (χ1v) is 9.22. The molecule has 3 aromatic rings. The second-order valence-corrected chi connectivity index (χ2v) is 6.27. The molecule has 0 spiro atoms. The molecule has 1 aromatic heterocycles. The Morgan fingerprint density at radius 1 is 0.846 bits per heavy atom. The fraction of sp³-hybridized carbons (Fsp3) is 0.318. The predicted octanol–water partition coefficient (Wildman–Crippen LogP) is 5.37. The van der Waals surface area contributed by atoms with E-state index in [2.05, 4.69) is 84.2 Å². The van der Waals surface area contributed by atoms with Crippen molar-refractivity contribution in [2.45, 2.75) is 26.8 Å². The Bertz CT molecular complexity index is 708. The molecule has 0 atom stereocenters. The second-order valence-electron chi connectivity index (χ2n) is 6.27. The lowest BCUT2D eigenvalue weighted by molar-refractivity contribution is 0.291. The van der Waals surface area contributed by atoms with Crippen LogP contribution in [0.5, 0.6) is 0 Å². The molecule has 0 fully saturated rings. The maximum Gasteiger partial charge on any atom is 0.100 e. The summed E-state index contributed by atoms with van der Waals surface area (Å²) < 4.78 is 2.11. The summed E-state index contributed by atoms with van der Waals surface area (Å²) in [6, 6.07) is 21.0. The maximum absolute atomic E-state index is 4.90. The summed E-state index contributed by atoms with van der Waals surface area (Å²) in [6.07, 6.45) is 3.31. The molecule has 0 unspecified atom stereocenters. The fourth-order valence-corrected chi connectivity index (χ4v) is 3.17. The third kappa shape index (κ3) is 4.96. The topological polar surface area (TPSA) is 21.1 Å². The minimum Gasteiger partial charge on any atom is -0.304 e. The van der Waals surface area contributed by atoms with Crippen LogP contribution in [0.3, 0.4) is 0 Å². The maximum atomic E-state index is 4.90. The smallest absolute Gasteiger partial charge is 0.100 e. The van der Waals surface area contributed by atoms with Gasteiger partial charge in [-0.3, -0.25) is 4.68 Å². The lowest BCUT2D eigenvalue weighted by Gasteiger charge is -2.17. The molecule has 4 heteroatoms. The van der Waals surface area contributed by atoms with Crippen LogP contribution in [0.25, 0.3) is 22.4 Å². The van der Waals surface area contributed by atoms with Crippen LogP contribution in [0, 0.1) is 0 Å². The highest BCUT2D eigenvalue weighted by Crippen LogP contribution is 2.30. The SMILES string of the molecule is CCN(CC)CCCn1cc(-c2ccccc2)c(-c2ccccc2)n1.Cl. The van der Waals surface area contributed by atoms with E-state index in [1.165, 1.54) is 16.7 Å². The zero-order valence-corrected chi connectivity index (χ0v) is 16.5. The van der Waals surface area contributed by atoms with Gasteiger partial charge in [0.15, 0.2) is 0 Å². The van der Waals surface area contributed by atoms with Crippen molar-refractivity contribution in [1.29, 1.82) is 0 Å². The van der Waals surface area contributed by atoms with Crippen molar-refractivity contribution < 1.29 is 0 Å². The van der Waals surface area contributed by atoms with Crippen LogP contribution in [0.4, 0.5) is 0 Å². The van der Waals surface area contributed by atoms with E-state index in [1.54, 1.807) is 0 Å². The Balaban J connectivity index is 0.00000243. The molecule has 0 aliphatic carbocycles. The number of aromatic nitrogens is 2. The molecule has 0 saturated heterocycles. The summed E-state index contributed by atoms with van der Waals surface area (Å²) in [4.78, 5) is 2.46. The molecule has 0 radical (unpaired) electrons. The van der Waals surface area contributed by atoms with Crippen LogP contribution < -0.4 is 0 Å². The molecule has 0 N–H and O–H groups in total. The third-order valence-electron chi connectivity index (χ3n) is 4.65. The van der Waals surface area contributed by atoms with Crippen LogP contribution in [0.1, 0.15) is 20.3 Å². The highest BCUT2D eigenvalue weighted by molar-refractivity contribution is 5.85. The van der Waals surface area contributed by atoms with E-state index in [9.17, 15) is 0 Å². The summed E-state index contributed by atoms with van der Waals surface area (Å²) in [6.45, 7) is 8.73. The first-order valence-electron chi connectivity index (χ1n) is 9.22. The molecule has 3 rings (SSSR count). The van der Waals surface area contributed by atoms with Gasteiger partial charge in [0, 0.05) is 23.9 Å². The third-order valence-corrected chi connectivity index (χ3v) is 4.65. The van der Waals surface area contributed by atoms with Gasteiger partial charge in [0.2, 0.25) is 0 Å². The van der Waals surface area contributed by atoms with Crippen molar-refractivity contribution in [3.63, 3.8) is 0 Å². The minimum absolute atomic E-state index is 0. The van der Waals surface area contributed by atoms with Gasteiger partial charge in [-0.25, -0.2) is 0 Å². The molecule has 0 amide bonds. The lowest BCUT2D eigenvalue weighted by atomic mass is 10.0. The van der Waals surface area contributed by atoms with E-state index < -0.39 is 0 Å². The second kappa shape index (κ2) is 10.1. The summed E-state index contributed by atoms with van der Waals surface area (Å²) >= 11 is 0. The Hall–Kier alpha value is -2.10. The van der Waals surface area contributed by atoms with Gasteiger partial charge in [-0.15, -0.1) is 12.4 Å². The molecule has 138 valence electrons. The molecule has 26 heavy (non-hydrogen) atoms. The van der Waals surface area contributed by atoms with Crippen LogP contribution in [0.15, 0.2) is 66.9 Å². The number of benzene rings is 2. The number of nitrogens with zero attached hydrogens (tertiary/aromatic N) is 3. The summed E-state index contributed by atoms with van der Waals surface area (Å²) in [5, 5.41) is 4.90. The summed E-state index contributed by atoms with van der Waals surface area (Å²) in [5.41, 5.74) is 4.66. The number of halogens is 1.